The number of nitro benzene ring substituents is 1. The van der Waals surface area contributed by atoms with Gasteiger partial charge in [0.15, 0.2) is 0 Å². The molecule has 14 heteroatoms. The summed E-state index contributed by atoms with van der Waals surface area (Å²) in [4.78, 5) is 23.6. The molecule has 10 nitrogen and oxygen atoms in total. The third kappa shape index (κ3) is 7.35. The van der Waals surface area contributed by atoms with Gasteiger partial charge in [-0.1, -0.05) is 30.3 Å². The number of nitrogens with zero attached hydrogens (tertiary/aromatic N) is 5. The molecular weight excluding hydrogens is 669 g/mol. The van der Waals surface area contributed by atoms with Crippen molar-refractivity contribution in [3.63, 3.8) is 0 Å². The first-order valence-corrected chi connectivity index (χ1v) is 17.6. The topological polar surface area (TPSA) is 133 Å². The van der Waals surface area contributed by atoms with E-state index in [0.29, 0.717) is 21.8 Å². The van der Waals surface area contributed by atoms with E-state index in [9.17, 15) is 22.9 Å². The van der Waals surface area contributed by atoms with Crippen molar-refractivity contribution >= 4 is 52.0 Å². The number of aromatic nitrogens is 4. The number of nitro groups is 1. The summed E-state index contributed by atoms with van der Waals surface area (Å²) < 4.78 is 58.1. The third-order valence-corrected chi connectivity index (χ3v) is 11.0. The summed E-state index contributed by atoms with van der Waals surface area (Å²) in [5.41, 5.74) is 0.451. The Morgan fingerprint density at radius 2 is 1.76 bits per heavy atom. The average Bonchev–Trinajstić information content (AvgIpc) is 3.37. The summed E-state index contributed by atoms with van der Waals surface area (Å²) in [6, 6.07) is 16.1. The Balaban J connectivity index is 1.46. The summed E-state index contributed by atoms with van der Waals surface area (Å²) in [5.74, 6) is -1.84. The van der Waals surface area contributed by atoms with Crippen LogP contribution in [-0.4, -0.2) is 53.3 Å². The fraction of sp³-hybridized carbons (Fsp3) is 0.258. The normalized spacial score (nSPS) is 12.7. The molecule has 1 atom stereocenters. The summed E-state index contributed by atoms with van der Waals surface area (Å²) in [5, 5.41) is 15.4. The monoisotopic (exact) mass is 700 g/mol. The molecule has 234 valence electrons. The van der Waals surface area contributed by atoms with Gasteiger partial charge in [0.1, 0.15) is 0 Å². The zero-order valence-electron chi connectivity index (χ0n) is 24.6. The van der Waals surface area contributed by atoms with Crippen LogP contribution in [0.3, 0.4) is 0 Å². The number of halogens is 2. The average molecular weight is 700 g/mol. The van der Waals surface area contributed by atoms with Crippen LogP contribution in [0.2, 0.25) is 5.32 Å². The van der Waals surface area contributed by atoms with E-state index in [1.807, 2.05) is 20.8 Å². The van der Waals surface area contributed by atoms with Crippen molar-refractivity contribution in [2.45, 2.75) is 44.3 Å². The number of anilines is 1. The quantitative estimate of drug-likeness (QED) is 0.105. The van der Waals surface area contributed by atoms with Gasteiger partial charge >= 0.3 is 230 Å². The molecule has 2 aromatic carbocycles. The number of pyridine rings is 1. The van der Waals surface area contributed by atoms with E-state index in [1.54, 1.807) is 48.5 Å². The maximum atomic E-state index is 15.1. The number of hydrogen-bond acceptors (Lipinski definition) is 8. The van der Waals surface area contributed by atoms with Crippen molar-refractivity contribution in [1.29, 1.82) is 0 Å². The van der Waals surface area contributed by atoms with Crippen molar-refractivity contribution in [3.8, 4) is 11.4 Å². The van der Waals surface area contributed by atoms with Gasteiger partial charge in [0.05, 0.1) is 0 Å². The third-order valence-electron chi connectivity index (χ3n) is 7.14. The molecule has 1 N–H and O–H groups in total. The molecule has 45 heavy (non-hydrogen) atoms. The summed E-state index contributed by atoms with van der Waals surface area (Å²) in [7, 11) is -3.99. The van der Waals surface area contributed by atoms with Crippen LogP contribution in [0.4, 0.5) is 20.3 Å². The molecule has 0 spiro atoms. The number of nitrogens with one attached hydrogen (secondary N) is 1. The molecule has 0 aliphatic heterocycles. The Kier molecular flexibility index (Phi) is 9.28. The number of benzene rings is 2. The van der Waals surface area contributed by atoms with Gasteiger partial charge in [-0.05, 0) is 5.56 Å². The van der Waals surface area contributed by atoms with E-state index in [2.05, 4.69) is 20.3 Å². The standard InChI is InChI=1S/C31H30F2N6O4SSe/c1-31(2,3)27(13-14-45-26-12-8-7-11-25(26)39(40)41)36-29-24(33)17-34-28(37-29)23-18-38(30-22(23)15-21(32)16-35-30)44(42,43)19-20-9-5-4-6-10-20/h4-12,15-18,27H,13-14,19H2,1-3H3,(H,34,36,37). The number of para-hydroxylation sites is 1. The Labute approximate surface area is 265 Å². The van der Waals surface area contributed by atoms with E-state index in [1.165, 1.54) is 12.3 Å². The Morgan fingerprint density at radius 1 is 1.04 bits per heavy atom. The van der Waals surface area contributed by atoms with Crippen molar-refractivity contribution in [2.75, 3.05) is 5.32 Å². The molecule has 0 aliphatic carbocycles. The van der Waals surface area contributed by atoms with Gasteiger partial charge in [-0.25, -0.2) is 0 Å². The second-order valence-corrected chi connectivity index (χ2v) is 15.7. The van der Waals surface area contributed by atoms with Gasteiger partial charge in [0, 0.05) is 0 Å². The first-order chi connectivity index (χ1) is 21.3. The van der Waals surface area contributed by atoms with Gasteiger partial charge in [-0.3, -0.25) is 0 Å². The van der Waals surface area contributed by atoms with E-state index >= 15 is 4.39 Å². The van der Waals surface area contributed by atoms with Gasteiger partial charge in [-0.15, -0.1) is 0 Å². The number of hydrogen-bond donors (Lipinski definition) is 1. The Bertz CT molecular complexity index is 1970. The maximum absolute atomic E-state index is 15.1. The molecule has 0 aliphatic rings. The minimum atomic E-state index is -3.99. The molecule has 3 aromatic heterocycles. The van der Waals surface area contributed by atoms with Crippen LogP contribution in [-0.2, 0) is 15.8 Å². The number of fused-ring (bicyclic) bond motifs is 1. The van der Waals surface area contributed by atoms with Gasteiger partial charge in [-0.2, -0.15) is 0 Å². The van der Waals surface area contributed by atoms with Gasteiger partial charge in [0.2, 0.25) is 0 Å². The first kappa shape index (κ1) is 32.1. The molecule has 0 amide bonds. The summed E-state index contributed by atoms with van der Waals surface area (Å²) >= 11 is -0.200. The molecular formula is C31H30F2N6O4SSe. The van der Waals surface area contributed by atoms with Crippen LogP contribution in [0.5, 0.6) is 0 Å². The van der Waals surface area contributed by atoms with E-state index < -0.39 is 21.7 Å². The van der Waals surface area contributed by atoms with Crippen LogP contribution < -0.4 is 9.78 Å². The molecule has 0 saturated heterocycles. The zero-order chi connectivity index (χ0) is 32.4. The first-order valence-electron chi connectivity index (χ1n) is 13.9. The fourth-order valence-electron chi connectivity index (χ4n) is 4.80. The molecule has 0 bridgehead atoms. The molecule has 1 unspecified atom stereocenters. The van der Waals surface area contributed by atoms with Gasteiger partial charge < -0.3 is 0 Å². The van der Waals surface area contributed by atoms with Crippen molar-refractivity contribution in [2.24, 2.45) is 5.41 Å². The van der Waals surface area contributed by atoms with Crippen molar-refractivity contribution in [1.82, 2.24) is 18.9 Å². The summed E-state index contributed by atoms with van der Waals surface area (Å²) in [6.07, 6.45) is 3.76. The Morgan fingerprint density at radius 3 is 2.47 bits per heavy atom. The predicted octanol–water partition coefficient (Wildman–Crippen LogP) is 5.72. The van der Waals surface area contributed by atoms with E-state index in [0.717, 1.165) is 22.4 Å². The molecule has 3 heterocycles. The van der Waals surface area contributed by atoms with Gasteiger partial charge in [0.25, 0.3) is 0 Å². The van der Waals surface area contributed by atoms with Crippen LogP contribution in [0.1, 0.15) is 32.8 Å². The van der Waals surface area contributed by atoms with Crippen LogP contribution in [0, 0.1) is 27.2 Å². The van der Waals surface area contributed by atoms with Crippen molar-refractivity contribution < 1.29 is 22.1 Å². The minimum absolute atomic E-state index is 0.00503. The molecule has 0 radical (unpaired) electrons. The number of rotatable bonds is 11. The van der Waals surface area contributed by atoms with Crippen LogP contribution in [0.15, 0.2) is 79.3 Å². The predicted molar refractivity (Wildman–Crippen MR) is 170 cm³/mol. The molecule has 0 saturated carbocycles. The second kappa shape index (κ2) is 13.0. The van der Waals surface area contributed by atoms with Crippen molar-refractivity contribution in [3.05, 3.63) is 107 Å². The van der Waals surface area contributed by atoms with E-state index in [4.69, 9.17) is 0 Å². The van der Waals surface area contributed by atoms with Crippen LogP contribution in [0.25, 0.3) is 22.4 Å². The zero-order valence-corrected chi connectivity index (χ0v) is 27.2. The molecule has 0 fully saturated rings. The Hall–Kier alpha value is -4.26. The van der Waals surface area contributed by atoms with Crippen LogP contribution >= 0.6 is 0 Å². The SMILES string of the molecule is CC(C)(C)C(CC[Se]c1ccccc1[N+](=O)[O-])Nc1nc(-c2cn(S(=O)(=O)Cc3ccccc3)c3ncc(F)cc23)ncc1F. The van der Waals surface area contributed by atoms with E-state index in [-0.39, 0.29) is 71.0 Å². The second-order valence-electron chi connectivity index (χ2n) is 11.4. The molecule has 5 rings (SSSR count). The fourth-order valence-corrected chi connectivity index (χ4v) is 8.41. The molecule has 5 aromatic rings. The summed E-state index contributed by atoms with van der Waals surface area (Å²) in [6.45, 7) is 5.97.